The van der Waals surface area contributed by atoms with Crippen molar-refractivity contribution in [3.63, 3.8) is 0 Å². The third-order valence-electron chi connectivity index (χ3n) is 4.59. The van der Waals surface area contributed by atoms with Crippen LogP contribution in [-0.4, -0.2) is 43.1 Å². The van der Waals surface area contributed by atoms with Crippen LogP contribution in [0.3, 0.4) is 0 Å². The van der Waals surface area contributed by atoms with E-state index in [0.29, 0.717) is 25.5 Å². The summed E-state index contributed by atoms with van der Waals surface area (Å²) in [6.45, 7) is 7.06. The summed E-state index contributed by atoms with van der Waals surface area (Å²) >= 11 is 0. The fourth-order valence-corrected chi connectivity index (χ4v) is 3.32. The highest BCUT2D eigenvalue weighted by Crippen LogP contribution is 2.34. The molecule has 8 nitrogen and oxygen atoms in total. The van der Waals surface area contributed by atoms with Crippen LogP contribution >= 0.6 is 0 Å². The van der Waals surface area contributed by atoms with Crippen LogP contribution in [0, 0.1) is 0 Å². The normalized spacial score (nSPS) is 18.5. The van der Waals surface area contributed by atoms with Crippen molar-refractivity contribution in [3.8, 4) is 11.4 Å². The molecule has 146 valence electrons. The van der Waals surface area contributed by atoms with Crippen LogP contribution < -0.4 is 0 Å². The number of hydrogen-bond donors (Lipinski definition) is 0. The van der Waals surface area contributed by atoms with E-state index in [1.807, 2.05) is 26.8 Å². The van der Waals surface area contributed by atoms with Gasteiger partial charge in [-0.1, -0.05) is 0 Å². The van der Waals surface area contributed by atoms with Gasteiger partial charge in [0, 0.05) is 23.9 Å². The van der Waals surface area contributed by atoms with E-state index >= 15 is 0 Å². The molecule has 0 spiro atoms. The lowest BCUT2D eigenvalue weighted by atomic mass is 9.95. The molecule has 2 aromatic heterocycles. The van der Waals surface area contributed by atoms with Gasteiger partial charge in [0.15, 0.2) is 5.82 Å². The zero-order valence-electron chi connectivity index (χ0n) is 16.3. The number of carbonyl (C=O) groups is 1. The lowest BCUT2D eigenvalue weighted by Gasteiger charge is -2.24. The summed E-state index contributed by atoms with van der Waals surface area (Å²) in [4.78, 5) is 31.9. The second kappa shape index (κ2) is 7.18. The lowest BCUT2D eigenvalue weighted by Crippen LogP contribution is -2.33. The van der Waals surface area contributed by atoms with Gasteiger partial charge in [0.25, 0.3) is 0 Å². The van der Waals surface area contributed by atoms with Gasteiger partial charge in [-0.25, -0.2) is 24.7 Å². The number of rotatable bonds is 2. The van der Waals surface area contributed by atoms with Crippen LogP contribution in [0.1, 0.15) is 50.1 Å². The topological polar surface area (TPSA) is 90.3 Å². The summed E-state index contributed by atoms with van der Waals surface area (Å²) in [5, 5.41) is 0. The van der Waals surface area contributed by atoms with E-state index in [-0.39, 0.29) is 12.0 Å². The summed E-state index contributed by atoms with van der Waals surface area (Å²) in [5.74, 6) is 0.688. The molecule has 1 atom stereocenters. The van der Waals surface area contributed by atoms with Crippen LogP contribution in [0.5, 0.6) is 0 Å². The summed E-state index contributed by atoms with van der Waals surface area (Å²) in [5.41, 5.74) is 2.96. The van der Waals surface area contributed by atoms with Crippen molar-refractivity contribution in [2.75, 3.05) is 6.61 Å². The van der Waals surface area contributed by atoms with E-state index in [2.05, 4.69) is 9.97 Å². The van der Waals surface area contributed by atoms with Crippen LogP contribution in [0.15, 0.2) is 31.1 Å². The molecule has 0 saturated carbocycles. The quantitative estimate of drug-likeness (QED) is 0.789. The molecular formula is C20H23N5O3. The number of carbonyl (C=O) groups excluding carboxylic acids is 1. The minimum Gasteiger partial charge on any atom is -0.501 e. The van der Waals surface area contributed by atoms with Crippen molar-refractivity contribution in [3.05, 3.63) is 48.0 Å². The molecule has 0 fully saturated rings. The average Bonchev–Trinajstić information content (AvgIpc) is 3.12. The van der Waals surface area contributed by atoms with Crippen LogP contribution in [0.25, 0.3) is 11.4 Å². The van der Waals surface area contributed by atoms with E-state index in [9.17, 15) is 4.79 Å². The zero-order chi connectivity index (χ0) is 19.7. The maximum Gasteiger partial charge on any atom is 0.410 e. The molecule has 2 aliphatic rings. The molecule has 2 aromatic rings. The first-order chi connectivity index (χ1) is 13.4. The Kier molecular flexibility index (Phi) is 4.70. The highest BCUT2D eigenvalue weighted by molar-refractivity contribution is 5.69. The fourth-order valence-electron chi connectivity index (χ4n) is 3.32. The van der Waals surface area contributed by atoms with Gasteiger partial charge in [0.2, 0.25) is 0 Å². The molecule has 0 saturated heterocycles. The fraction of sp³-hybridized carbons (Fsp3) is 0.450. The Morgan fingerprint density at radius 3 is 2.68 bits per heavy atom. The second-order valence-electron chi connectivity index (χ2n) is 7.92. The first-order valence-electron chi connectivity index (χ1n) is 9.32. The number of aromatic nitrogens is 4. The minimum atomic E-state index is -0.545. The largest absolute Gasteiger partial charge is 0.501 e. The summed E-state index contributed by atoms with van der Waals surface area (Å²) in [6, 6.07) is 0. The predicted molar refractivity (Wildman–Crippen MR) is 101 cm³/mol. The summed E-state index contributed by atoms with van der Waals surface area (Å²) in [6.07, 6.45) is 9.07. The van der Waals surface area contributed by atoms with Gasteiger partial charge in [-0.05, 0) is 33.3 Å². The molecule has 4 rings (SSSR count). The Bertz CT molecular complexity index is 908. The Morgan fingerprint density at radius 1 is 1.21 bits per heavy atom. The average molecular weight is 381 g/mol. The predicted octanol–water partition coefficient (Wildman–Crippen LogP) is 3.20. The SMILES string of the molecule is CC(C)(C)OC(=O)N1Cc2nc(-c3cncnc3)nc(C3C=COCC3)c2C1. The van der Waals surface area contributed by atoms with Gasteiger partial charge in [0.05, 0.1) is 42.9 Å². The molecule has 2 aliphatic heterocycles. The van der Waals surface area contributed by atoms with Crippen molar-refractivity contribution in [1.82, 2.24) is 24.8 Å². The van der Waals surface area contributed by atoms with Crippen molar-refractivity contribution < 1.29 is 14.3 Å². The second-order valence-corrected chi connectivity index (χ2v) is 7.92. The number of amides is 1. The molecule has 0 radical (unpaired) electrons. The van der Waals surface area contributed by atoms with E-state index in [1.165, 1.54) is 6.33 Å². The third kappa shape index (κ3) is 3.81. The molecule has 0 bridgehead atoms. The highest BCUT2D eigenvalue weighted by Gasteiger charge is 2.33. The van der Waals surface area contributed by atoms with Gasteiger partial charge in [-0.2, -0.15) is 0 Å². The number of ether oxygens (including phenoxy) is 2. The Labute approximate surface area is 163 Å². The lowest BCUT2D eigenvalue weighted by molar-refractivity contribution is 0.0240. The Morgan fingerprint density at radius 2 is 2.00 bits per heavy atom. The Hall–Kier alpha value is -3.03. The third-order valence-corrected chi connectivity index (χ3v) is 4.59. The number of hydrogen-bond acceptors (Lipinski definition) is 7. The van der Waals surface area contributed by atoms with Gasteiger partial charge in [-0.3, -0.25) is 4.90 Å². The monoisotopic (exact) mass is 381 g/mol. The maximum absolute atomic E-state index is 12.6. The van der Waals surface area contributed by atoms with Crippen molar-refractivity contribution in [2.45, 2.75) is 51.8 Å². The molecule has 8 heteroatoms. The molecule has 28 heavy (non-hydrogen) atoms. The molecule has 0 N–H and O–H groups in total. The molecule has 4 heterocycles. The maximum atomic E-state index is 12.6. The molecule has 1 amide bonds. The molecule has 0 aliphatic carbocycles. The number of nitrogens with zero attached hydrogens (tertiary/aromatic N) is 5. The molecular weight excluding hydrogens is 358 g/mol. The van der Waals surface area contributed by atoms with Gasteiger partial charge < -0.3 is 9.47 Å². The van der Waals surface area contributed by atoms with E-state index < -0.39 is 5.60 Å². The van der Waals surface area contributed by atoms with E-state index in [0.717, 1.165) is 28.9 Å². The van der Waals surface area contributed by atoms with Gasteiger partial charge >= 0.3 is 6.09 Å². The van der Waals surface area contributed by atoms with Crippen molar-refractivity contribution in [2.24, 2.45) is 0 Å². The Balaban J connectivity index is 1.71. The van der Waals surface area contributed by atoms with E-state index in [4.69, 9.17) is 19.4 Å². The first-order valence-corrected chi connectivity index (χ1v) is 9.32. The van der Waals surface area contributed by atoms with Crippen LogP contribution in [0.2, 0.25) is 0 Å². The molecule has 1 unspecified atom stereocenters. The first kappa shape index (κ1) is 18.3. The number of allylic oxidation sites excluding steroid dienone is 1. The minimum absolute atomic E-state index is 0.118. The van der Waals surface area contributed by atoms with Crippen LogP contribution in [0.4, 0.5) is 4.79 Å². The smallest absolute Gasteiger partial charge is 0.410 e. The zero-order valence-corrected chi connectivity index (χ0v) is 16.3. The van der Waals surface area contributed by atoms with Crippen molar-refractivity contribution >= 4 is 6.09 Å². The van der Waals surface area contributed by atoms with Crippen molar-refractivity contribution in [1.29, 1.82) is 0 Å². The summed E-state index contributed by atoms with van der Waals surface area (Å²) in [7, 11) is 0. The standard InChI is InChI=1S/C20H23N5O3/c1-20(2,3)28-19(26)25-10-15-16(11-25)23-18(14-8-21-12-22-9-14)24-17(15)13-4-6-27-7-5-13/h4,6,8-9,12-13H,5,7,10-11H2,1-3H3. The van der Waals surface area contributed by atoms with Crippen LogP contribution in [-0.2, 0) is 22.6 Å². The van der Waals surface area contributed by atoms with Gasteiger partial charge in [0.1, 0.15) is 11.9 Å². The number of fused-ring (bicyclic) bond motifs is 1. The summed E-state index contributed by atoms with van der Waals surface area (Å²) < 4.78 is 10.9. The van der Waals surface area contributed by atoms with E-state index in [1.54, 1.807) is 23.6 Å². The molecule has 0 aromatic carbocycles. The highest BCUT2D eigenvalue weighted by atomic mass is 16.6. The van der Waals surface area contributed by atoms with Gasteiger partial charge in [-0.15, -0.1) is 0 Å².